The van der Waals surface area contributed by atoms with E-state index in [1.807, 2.05) is 6.07 Å². The number of rotatable bonds is 6. The molecule has 0 N–H and O–H groups in total. The van der Waals surface area contributed by atoms with Gasteiger partial charge in [-0.15, -0.1) is 0 Å². The molecule has 0 fully saturated rings. The second-order valence-electron chi connectivity index (χ2n) is 4.91. The van der Waals surface area contributed by atoms with Crippen molar-refractivity contribution in [1.82, 2.24) is 0 Å². The predicted octanol–water partition coefficient (Wildman–Crippen LogP) is 4.30. The van der Waals surface area contributed by atoms with Gasteiger partial charge in [-0.05, 0) is 49.7 Å². The van der Waals surface area contributed by atoms with Gasteiger partial charge in [-0.1, -0.05) is 23.7 Å². The number of halogens is 1. The maximum atomic E-state index is 11.7. The van der Waals surface area contributed by atoms with Gasteiger partial charge in [-0.25, -0.2) is 4.79 Å². The molecular formula is C18H17ClO4. The Kier molecular flexibility index (Phi) is 5.77. The molecule has 0 aliphatic carbocycles. The molecule has 2 aromatic rings. The number of benzene rings is 2. The molecule has 23 heavy (non-hydrogen) atoms. The second-order valence-corrected chi connectivity index (χ2v) is 5.31. The monoisotopic (exact) mass is 332 g/mol. The Morgan fingerprint density at radius 1 is 1.13 bits per heavy atom. The molecule has 2 rings (SSSR count). The minimum atomic E-state index is -0.358. The molecule has 0 amide bonds. The van der Waals surface area contributed by atoms with Crippen LogP contribution in [0.15, 0.2) is 42.5 Å². The SMILES string of the molecule is CCOC(=O)c1cccc(COc2ccc(C(C)=O)c(Cl)c2)c1. The zero-order valence-corrected chi connectivity index (χ0v) is 13.7. The maximum Gasteiger partial charge on any atom is 0.338 e. The number of carbonyl (C=O) groups excluding carboxylic acids is 2. The third-order valence-electron chi connectivity index (χ3n) is 3.16. The van der Waals surface area contributed by atoms with Crippen molar-refractivity contribution in [2.45, 2.75) is 20.5 Å². The highest BCUT2D eigenvalue weighted by molar-refractivity contribution is 6.34. The molecule has 0 saturated heterocycles. The summed E-state index contributed by atoms with van der Waals surface area (Å²) < 4.78 is 10.6. The first kappa shape index (κ1) is 17.0. The van der Waals surface area contributed by atoms with Crippen LogP contribution in [-0.2, 0) is 11.3 Å². The van der Waals surface area contributed by atoms with Gasteiger partial charge >= 0.3 is 5.97 Å². The zero-order chi connectivity index (χ0) is 16.8. The standard InChI is InChI=1S/C18H17ClO4/c1-3-22-18(21)14-6-4-5-13(9-14)11-23-15-7-8-16(12(2)20)17(19)10-15/h4-10H,3,11H2,1-2H3. The third kappa shape index (κ3) is 4.57. The lowest BCUT2D eigenvalue weighted by atomic mass is 10.1. The zero-order valence-electron chi connectivity index (χ0n) is 13.0. The molecule has 4 nitrogen and oxygen atoms in total. The lowest BCUT2D eigenvalue weighted by Gasteiger charge is -2.09. The average molecular weight is 333 g/mol. The third-order valence-corrected chi connectivity index (χ3v) is 3.48. The van der Waals surface area contributed by atoms with Crippen LogP contribution in [0.4, 0.5) is 0 Å². The number of ketones is 1. The van der Waals surface area contributed by atoms with E-state index in [4.69, 9.17) is 21.1 Å². The Morgan fingerprint density at radius 3 is 2.57 bits per heavy atom. The van der Waals surface area contributed by atoms with E-state index in [1.165, 1.54) is 6.92 Å². The molecule has 0 bridgehead atoms. The molecule has 120 valence electrons. The molecule has 0 heterocycles. The minimum absolute atomic E-state index is 0.0938. The van der Waals surface area contributed by atoms with Gasteiger partial charge in [0.25, 0.3) is 0 Å². The number of hydrogen-bond donors (Lipinski definition) is 0. The van der Waals surface area contributed by atoms with Crippen LogP contribution in [0, 0.1) is 0 Å². The average Bonchev–Trinajstić information content (AvgIpc) is 2.53. The van der Waals surface area contributed by atoms with Gasteiger partial charge in [-0.2, -0.15) is 0 Å². The Hall–Kier alpha value is -2.33. The summed E-state index contributed by atoms with van der Waals surface area (Å²) in [5, 5.41) is 0.357. The topological polar surface area (TPSA) is 52.6 Å². The van der Waals surface area contributed by atoms with E-state index >= 15 is 0 Å². The highest BCUT2D eigenvalue weighted by atomic mass is 35.5. The molecular weight excluding hydrogens is 316 g/mol. The lowest BCUT2D eigenvalue weighted by Crippen LogP contribution is -2.05. The molecule has 0 spiro atoms. The van der Waals surface area contributed by atoms with Gasteiger partial charge < -0.3 is 9.47 Å². The van der Waals surface area contributed by atoms with E-state index in [0.29, 0.717) is 28.5 Å². The summed E-state index contributed by atoms with van der Waals surface area (Å²) in [5.74, 6) is 0.105. The molecule has 0 saturated carbocycles. The summed E-state index contributed by atoms with van der Waals surface area (Å²) in [7, 11) is 0. The number of carbonyl (C=O) groups is 2. The van der Waals surface area contributed by atoms with Gasteiger partial charge in [0.15, 0.2) is 5.78 Å². The predicted molar refractivity (Wildman–Crippen MR) is 88.2 cm³/mol. The van der Waals surface area contributed by atoms with E-state index in [1.54, 1.807) is 43.3 Å². The van der Waals surface area contributed by atoms with Crippen molar-refractivity contribution < 1.29 is 19.1 Å². The van der Waals surface area contributed by atoms with Crippen LogP contribution in [0.25, 0.3) is 0 Å². The van der Waals surface area contributed by atoms with Crippen molar-refractivity contribution in [3.63, 3.8) is 0 Å². The maximum absolute atomic E-state index is 11.7. The van der Waals surface area contributed by atoms with Crippen LogP contribution in [0.3, 0.4) is 0 Å². The van der Waals surface area contributed by atoms with Gasteiger partial charge in [0.1, 0.15) is 12.4 Å². The summed E-state index contributed by atoms with van der Waals surface area (Å²) in [4.78, 5) is 23.0. The van der Waals surface area contributed by atoms with E-state index in [9.17, 15) is 9.59 Å². The fourth-order valence-electron chi connectivity index (χ4n) is 2.04. The molecule has 0 radical (unpaired) electrons. The molecule has 0 aliphatic rings. The van der Waals surface area contributed by atoms with E-state index < -0.39 is 0 Å². The van der Waals surface area contributed by atoms with Gasteiger partial charge in [-0.3, -0.25) is 4.79 Å². The number of esters is 1. The largest absolute Gasteiger partial charge is 0.489 e. The lowest BCUT2D eigenvalue weighted by molar-refractivity contribution is 0.0526. The Labute approximate surface area is 140 Å². The molecule has 0 atom stereocenters. The first-order valence-corrected chi connectivity index (χ1v) is 7.58. The Balaban J connectivity index is 2.06. The van der Waals surface area contributed by atoms with Crippen molar-refractivity contribution in [3.8, 4) is 5.75 Å². The van der Waals surface area contributed by atoms with Crippen LogP contribution in [0.1, 0.15) is 40.1 Å². The summed E-state index contributed by atoms with van der Waals surface area (Å²) in [6.45, 7) is 3.84. The van der Waals surface area contributed by atoms with Crippen LogP contribution in [0.2, 0.25) is 5.02 Å². The van der Waals surface area contributed by atoms with Crippen molar-refractivity contribution in [2.24, 2.45) is 0 Å². The Bertz CT molecular complexity index is 725. The van der Waals surface area contributed by atoms with E-state index in [2.05, 4.69) is 0 Å². The molecule has 0 aliphatic heterocycles. The van der Waals surface area contributed by atoms with Gasteiger partial charge in [0, 0.05) is 5.56 Å². The molecule has 2 aromatic carbocycles. The number of Topliss-reactive ketones (excluding diaryl/α,β-unsaturated/α-hetero) is 1. The van der Waals surface area contributed by atoms with E-state index in [0.717, 1.165) is 5.56 Å². The Morgan fingerprint density at radius 2 is 1.91 bits per heavy atom. The van der Waals surface area contributed by atoms with Crippen LogP contribution < -0.4 is 4.74 Å². The normalized spacial score (nSPS) is 10.2. The van der Waals surface area contributed by atoms with Crippen molar-refractivity contribution in [2.75, 3.05) is 6.61 Å². The second kappa shape index (κ2) is 7.79. The highest BCUT2D eigenvalue weighted by Gasteiger charge is 2.09. The number of hydrogen-bond acceptors (Lipinski definition) is 4. The van der Waals surface area contributed by atoms with Gasteiger partial charge in [0.2, 0.25) is 0 Å². The quantitative estimate of drug-likeness (QED) is 0.584. The first-order chi connectivity index (χ1) is 11.0. The molecule has 0 aromatic heterocycles. The van der Waals surface area contributed by atoms with Gasteiger partial charge in [0.05, 0.1) is 17.2 Å². The van der Waals surface area contributed by atoms with Crippen molar-refractivity contribution in [1.29, 1.82) is 0 Å². The molecule has 5 heteroatoms. The summed E-state index contributed by atoms with van der Waals surface area (Å²) in [6, 6.07) is 12.0. The summed E-state index contributed by atoms with van der Waals surface area (Å²) >= 11 is 6.05. The smallest absolute Gasteiger partial charge is 0.338 e. The van der Waals surface area contributed by atoms with E-state index in [-0.39, 0.29) is 18.4 Å². The van der Waals surface area contributed by atoms with Crippen LogP contribution >= 0.6 is 11.6 Å². The van der Waals surface area contributed by atoms with Crippen molar-refractivity contribution >= 4 is 23.4 Å². The number of ether oxygens (including phenoxy) is 2. The van der Waals surface area contributed by atoms with Crippen LogP contribution in [0.5, 0.6) is 5.75 Å². The van der Waals surface area contributed by atoms with Crippen molar-refractivity contribution in [3.05, 3.63) is 64.2 Å². The summed E-state index contributed by atoms with van der Waals surface area (Å²) in [5.41, 5.74) is 1.78. The molecule has 0 unspecified atom stereocenters. The highest BCUT2D eigenvalue weighted by Crippen LogP contribution is 2.23. The first-order valence-electron chi connectivity index (χ1n) is 7.20. The fraction of sp³-hybridized carbons (Fsp3) is 0.222. The fourth-order valence-corrected chi connectivity index (χ4v) is 2.34. The minimum Gasteiger partial charge on any atom is -0.489 e. The summed E-state index contributed by atoms with van der Waals surface area (Å²) in [6.07, 6.45) is 0. The van der Waals surface area contributed by atoms with Crippen LogP contribution in [-0.4, -0.2) is 18.4 Å².